The first-order chi connectivity index (χ1) is 10.2. The number of carbonyl (C=O) groups is 1. The van der Waals surface area contributed by atoms with Gasteiger partial charge in [0.1, 0.15) is 0 Å². The molecular formula is C17H24N2O2. The number of fused-ring (bicyclic) bond motifs is 1. The monoisotopic (exact) mass is 288 g/mol. The normalized spacial score (nSPS) is 11.0. The molecule has 0 spiro atoms. The zero-order valence-electron chi connectivity index (χ0n) is 12.9. The number of para-hydroxylation sites is 1. The summed E-state index contributed by atoms with van der Waals surface area (Å²) in [5.41, 5.74) is 2.45. The van der Waals surface area contributed by atoms with Crippen molar-refractivity contribution >= 4 is 16.8 Å². The van der Waals surface area contributed by atoms with E-state index >= 15 is 0 Å². The van der Waals surface area contributed by atoms with Crippen LogP contribution in [0, 0.1) is 0 Å². The number of nitrogens with one attached hydrogen (secondary N) is 1. The molecule has 0 fully saturated rings. The second-order valence-electron chi connectivity index (χ2n) is 5.18. The third-order valence-corrected chi connectivity index (χ3v) is 3.59. The summed E-state index contributed by atoms with van der Waals surface area (Å²) in [4.78, 5) is 11.8. The number of aromatic nitrogens is 1. The molecule has 4 heteroatoms. The van der Waals surface area contributed by atoms with Crippen LogP contribution in [0.15, 0.2) is 30.5 Å². The van der Waals surface area contributed by atoms with Gasteiger partial charge < -0.3 is 14.6 Å². The Kier molecular flexibility index (Phi) is 5.81. The Balaban J connectivity index is 1.80. The van der Waals surface area contributed by atoms with Crippen LogP contribution >= 0.6 is 0 Å². The summed E-state index contributed by atoms with van der Waals surface area (Å²) in [5.74, 6) is 0.111. The lowest BCUT2D eigenvalue weighted by Gasteiger charge is -2.05. The van der Waals surface area contributed by atoms with Gasteiger partial charge in [0.15, 0.2) is 0 Å². The number of carbonyl (C=O) groups excluding carboxylic acids is 1. The van der Waals surface area contributed by atoms with Gasteiger partial charge in [-0.05, 0) is 31.4 Å². The van der Waals surface area contributed by atoms with Crippen molar-refractivity contribution in [1.29, 1.82) is 0 Å². The largest absolute Gasteiger partial charge is 0.382 e. The zero-order chi connectivity index (χ0) is 15.1. The maximum atomic E-state index is 11.8. The summed E-state index contributed by atoms with van der Waals surface area (Å²) in [6, 6.07) is 8.30. The quantitative estimate of drug-likeness (QED) is 0.759. The summed E-state index contributed by atoms with van der Waals surface area (Å²) in [7, 11) is 2.04. The molecule has 4 nitrogen and oxygen atoms in total. The van der Waals surface area contributed by atoms with Crippen molar-refractivity contribution in [3.8, 4) is 0 Å². The Morgan fingerprint density at radius 2 is 2.14 bits per heavy atom. The third-order valence-electron chi connectivity index (χ3n) is 3.59. The van der Waals surface area contributed by atoms with E-state index in [4.69, 9.17) is 4.74 Å². The molecule has 1 N–H and O–H groups in total. The van der Waals surface area contributed by atoms with Crippen LogP contribution in [-0.4, -0.2) is 30.2 Å². The number of amides is 1. The van der Waals surface area contributed by atoms with Gasteiger partial charge in [-0.3, -0.25) is 4.79 Å². The Bertz CT molecular complexity index is 589. The van der Waals surface area contributed by atoms with Crippen LogP contribution in [0.3, 0.4) is 0 Å². The van der Waals surface area contributed by atoms with Gasteiger partial charge in [0.2, 0.25) is 5.91 Å². The number of nitrogens with zero attached hydrogens (tertiary/aromatic N) is 1. The summed E-state index contributed by atoms with van der Waals surface area (Å²) in [6.45, 7) is 4.10. The van der Waals surface area contributed by atoms with E-state index < -0.39 is 0 Å². The molecule has 21 heavy (non-hydrogen) atoms. The molecule has 1 amide bonds. The van der Waals surface area contributed by atoms with Crippen molar-refractivity contribution in [2.75, 3.05) is 19.8 Å². The molecule has 0 bridgehead atoms. The number of hydrogen-bond donors (Lipinski definition) is 1. The Labute approximate surface area is 126 Å². The van der Waals surface area contributed by atoms with Crippen LogP contribution in [0.1, 0.15) is 25.3 Å². The first-order valence-corrected chi connectivity index (χ1v) is 7.59. The number of benzene rings is 1. The van der Waals surface area contributed by atoms with Gasteiger partial charge >= 0.3 is 0 Å². The van der Waals surface area contributed by atoms with E-state index in [-0.39, 0.29) is 5.91 Å². The molecule has 114 valence electrons. The molecule has 2 aromatic rings. The first kappa shape index (κ1) is 15.6. The van der Waals surface area contributed by atoms with E-state index in [2.05, 4.69) is 28.2 Å². The highest BCUT2D eigenvalue weighted by molar-refractivity contribution is 5.84. The SMILES string of the molecule is CCOCCCNC(=O)CCc1cn(C)c2ccccc12. The van der Waals surface area contributed by atoms with Crippen LogP contribution in [0.25, 0.3) is 10.9 Å². The lowest BCUT2D eigenvalue weighted by molar-refractivity contribution is -0.121. The second-order valence-corrected chi connectivity index (χ2v) is 5.18. The van der Waals surface area contributed by atoms with E-state index in [9.17, 15) is 4.79 Å². The zero-order valence-corrected chi connectivity index (χ0v) is 12.9. The van der Waals surface area contributed by atoms with Crippen molar-refractivity contribution in [3.05, 3.63) is 36.0 Å². The average molecular weight is 288 g/mol. The highest BCUT2D eigenvalue weighted by Crippen LogP contribution is 2.21. The van der Waals surface area contributed by atoms with E-state index in [0.717, 1.165) is 19.4 Å². The molecule has 1 aromatic heterocycles. The minimum Gasteiger partial charge on any atom is -0.382 e. The van der Waals surface area contributed by atoms with Crippen LogP contribution in [0.2, 0.25) is 0 Å². The number of hydrogen-bond acceptors (Lipinski definition) is 2. The summed E-state index contributed by atoms with van der Waals surface area (Å²) >= 11 is 0. The molecule has 2 rings (SSSR count). The van der Waals surface area contributed by atoms with Crippen molar-refractivity contribution in [2.24, 2.45) is 7.05 Å². The van der Waals surface area contributed by atoms with Crippen LogP contribution in [0.4, 0.5) is 0 Å². The summed E-state index contributed by atoms with van der Waals surface area (Å²) < 4.78 is 7.36. The maximum Gasteiger partial charge on any atom is 0.220 e. The second kappa shape index (κ2) is 7.84. The topological polar surface area (TPSA) is 43.3 Å². The minimum absolute atomic E-state index is 0.111. The van der Waals surface area contributed by atoms with E-state index in [0.29, 0.717) is 19.6 Å². The molecule has 1 aromatic carbocycles. The molecule has 0 atom stereocenters. The Morgan fingerprint density at radius 1 is 1.33 bits per heavy atom. The smallest absolute Gasteiger partial charge is 0.220 e. The first-order valence-electron chi connectivity index (χ1n) is 7.59. The van der Waals surface area contributed by atoms with Crippen LogP contribution < -0.4 is 5.32 Å². The highest BCUT2D eigenvalue weighted by atomic mass is 16.5. The van der Waals surface area contributed by atoms with Gasteiger partial charge in [-0.25, -0.2) is 0 Å². The molecule has 0 saturated carbocycles. The van der Waals surface area contributed by atoms with Crippen molar-refractivity contribution in [2.45, 2.75) is 26.2 Å². The maximum absolute atomic E-state index is 11.8. The number of rotatable bonds is 8. The van der Waals surface area contributed by atoms with Crippen molar-refractivity contribution in [1.82, 2.24) is 9.88 Å². The average Bonchev–Trinajstić information content (AvgIpc) is 2.82. The molecule has 0 unspecified atom stereocenters. The fraction of sp³-hybridized carbons (Fsp3) is 0.471. The molecular weight excluding hydrogens is 264 g/mol. The Hall–Kier alpha value is -1.81. The molecule has 0 aliphatic heterocycles. The van der Waals surface area contributed by atoms with Crippen molar-refractivity contribution in [3.63, 3.8) is 0 Å². The Morgan fingerprint density at radius 3 is 2.95 bits per heavy atom. The highest BCUT2D eigenvalue weighted by Gasteiger charge is 2.08. The van der Waals surface area contributed by atoms with Gasteiger partial charge in [-0.15, -0.1) is 0 Å². The van der Waals surface area contributed by atoms with Crippen molar-refractivity contribution < 1.29 is 9.53 Å². The molecule has 0 radical (unpaired) electrons. The standard InChI is InChI=1S/C17H24N2O2/c1-3-21-12-6-11-18-17(20)10-9-14-13-19(2)16-8-5-4-7-15(14)16/h4-5,7-8,13H,3,6,9-12H2,1-2H3,(H,18,20). The molecule has 0 aliphatic rings. The number of ether oxygens (including phenoxy) is 1. The number of aryl methyl sites for hydroxylation is 2. The minimum atomic E-state index is 0.111. The molecule has 1 heterocycles. The van der Waals surface area contributed by atoms with Gasteiger partial charge in [0.25, 0.3) is 0 Å². The van der Waals surface area contributed by atoms with E-state index in [1.54, 1.807) is 0 Å². The van der Waals surface area contributed by atoms with Gasteiger partial charge in [0, 0.05) is 50.3 Å². The van der Waals surface area contributed by atoms with Gasteiger partial charge in [-0.2, -0.15) is 0 Å². The predicted molar refractivity (Wildman–Crippen MR) is 85.4 cm³/mol. The fourth-order valence-electron chi connectivity index (χ4n) is 2.51. The summed E-state index contributed by atoms with van der Waals surface area (Å²) in [5, 5.41) is 4.18. The van der Waals surface area contributed by atoms with Gasteiger partial charge in [-0.1, -0.05) is 18.2 Å². The lowest BCUT2D eigenvalue weighted by atomic mass is 10.1. The third kappa shape index (κ3) is 4.33. The summed E-state index contributed by atoms with van der Waals surface area (Å²) in [6.07, 6.45) is 4.29. The van der Waals surface area contributed by atoms with E-state index in [1.807, 2.05) is 26.1 Å². The van der Waals surface area contributed by atoms with E-state index in [1.165, 1.54) is 16.5 Å². The fourth-order valence-corrected chi connectivity index (χ4v) is 2.51. The lowest BCUT2D eigenvalue weighted by Crippen LogP contribution is -2.25. The van der Waals surface area contributed by atoms with Crippen LogP contribution in [0.5, 0.6) is 0 Å². The van der Waals surface area contributed by atoms with Crippen LogP contribution in [-0.2, 0) is 23.0 Å². The predicted octanol–water partition coefficient (Wildman–Crippen LogP) is 2.65. The molecule has 0 saturated heterocycles. The van der Waals surface area contributed by atoms with Gasteiger partial charge in [0.05, 0.1) is 0 Å². The molecule has 0 aliphatic carbocycles.